The number of benzene rings is 2. The van der Waals surface area contributed by atoms with E-state index in [1.54, 1.807) is 12.1 Å². The molecule has 146 valence electrons. The van der Waals surface area contributed by atoms with Crippen molar-refractivity contribution in [3.8, 4) is 0 Å². The largest absolute Gasteiger partial charge is 0.477 e. The molecule has 0 bridgehead atoms. The highest BCUT2D eigenvalue weighted by atomic mass is 35.7. The van der Waals surface area contributed by atoms with Crippen molar-refractivity contribution in [3.05, 3.63) is 63.3 Å². The Kier molecular flexibility index (Phi) is 5.92. The standard InChI is InChI=1S/C9H5FO2S.C8H3Cl2FO2S2/c10-6-3-1-2-5-4-7(9(11)12)13-8(5)6;9-5-2-1-4-6(15(10,12)13)3-14-8(4)7(5)11/h1-4H,(H,11,12);1-3H. The highest BCUT2D eigenvalue weighted by Gasteiger charge is 2.19. The van der Waals surface area contributed by atoms with Crippen LogP contribution in [0.3, 0.4) is 0 Å². The lowest BCUT2D eigenvalue weighted by atomic mass is 10.2. The normalized spacial score (nSPS) is 11.4. The van der Waals surface area contributed by atoms with E-state index >= 15 is 0 Å². The van der Waals surface area contributed by atoms with Crippen LogP contribution in [0.25, 0.3) is 20.2 Å². The van der Waals surface area contributed by atoms with Crippen molar-refractivity contribution in [2.45, 2.75) is 4.90 Å². The number of carboxylic acids is 1. The molecule has 0 radical (unpaired) electrons. The summed E-state index contributed by atoms with van der Waals surface area (Å²) in [6.07, 6.45) is 0. The average Bonchev–Trinajstić information content (AvgIpc) is 3.24. The maximum absolute atomic E-state index is 13.4. The van der Waals surface area contributed by atoms with Gasteiger partial charge in [0.1, 0.15) is 15.6 Å². The fraction of sp³-hybridized carbons (Fsp3) is 0. The molecular weight excluding hydrogens is 473 g/mol. The second-order valence-electron chi connectivity index (χ2n) is 5.35. The van der Waals surface area contributed by atoms with Crippen LogP contribution in [-0.4, -0.2) is 19.5 Å². The SMILES string of the molecule is O=C(O)c1cc2cccc(F)c2s1.O=S(=O)(Cl)c1csc2c(F)c(Cl)ccc12. The Morgan fingerprint density at radius 3 is 2.43 bits per heavy atom. The molecule has 4 aromatic rings. The first-order chi connectivity index (χ1) is 13.1. The zero-order chi connectivity index (χ0) is 20.6. The van der Waals surface area contributed by atoms with Gasteiger partial charge in [0.25, 0.3) is 9.05 Å². The molecule has 0 spiro atoms. The molecule has 2 heterocycles. The molecule has 4 rings (SSSR count). The Bertz CT molecular complexity index is 1310. The second kappa shape index (κ2) is 7.92. The van der Waals surface area contributed by atoms with Crippen LogP contribution in [0.2, 0.25) is 5.02 Å². The monoisotopic (exact) mass is 480 g/mol. The van der Waals surface area contributed by atoms with Gasteiger partial charge in [-0.2, -0.15) is 0 Å². The summed E-state index contributed by atoms with van der Waals surface area (Å²) in [5.41, 5.74) is 0. The lowest BCUT2D eigenvalue weighted by molar-refractivity contribution is 0.0702. The van der Waals surface area contributed by atoms with Gasteiger partial charge in [-0.3, -0.25) is 0 Å². The summed E-state index contributed by atoms with van der Waals surface area (Å²) >= 11 is 7.48. The van der Waals surface area contributed by atoms with Crippen LogP contribution in [0.4, 0.5) is 8.78 Å². The van der Waals surface area contributed by atoms with E-state index in [1.807, 2.05) is 0 Å². The minimum Gasteiger partial charge on any atom is -0.477 e. The van der Waals surface area contributed by atoms with Crippen LogP contribution < -0.4 is 0 Å². The summed E-state index contributed by atoms with van der Waals surface area (Å²) in [6, 6.07) is 8.80. The van der Waals surface area contributed by atoms with Gasteiger partial charge < -0.3 is 5.11 Å². The number of halogens is 4. The number of fused-ring (bicyclic) bond motifs is 2. The number of thiophene rings is 2. The maximum Gasteiger partial charge on any atom is 0.345 e. The Balaban J connectivity index is 0.000000162. The van der Waals surface area contributed by atoms with Crippen molar-refractivity contribution >= 4 is 80.1 Å². The van der Waals surface area contributed by atoms with Crippen molar-refractivity contribution in [2.24, 2.45) is 0 Å². The van der Waals surface area contributed by atoms with E-state index < -0.39 is 20.8 Å². The van der Waals surface area contributed by atoms with Gasteiger partial charge in [0, 0.05) is 21.4 Å². The molecule has 2 aromatic carbocycles. The molecule has 0 saturated carbocycles. The summed E-state index contributed by atoms with van der Waals surface area (Å²) in [7, 11) is 1.35. The lowest BCUT2D eigenvalue weighted by Gasteiger charge is -1.96. The minimum atomic E-state index is -3.84. The Morgan fingerprint density at radius 2 is 1.82 bits per heavy atom. The quantitative estimate of drug-likeness (QED) is 0.338. The fourth-order valence-corrected chi connectivity index (χ4v) is 6.00. The lowest BCUT2D eigenvalue weighted by Crippen LogP contribution is -1.89. The van der Waals surface area contributed by atoms with Crippen molar-refractivity contribution in [1.82, 2.24) is 0 Å². The Labute approximate surface area is 175 Å². The van der Waals surface area contributed by atoms with Crippen LogP contribution in [0.15, 0.2) is 46.7 Å². The zero-order valence-electron chi connectivity index (χ0n) is 13.5. The van der Waals surface area contributed by atoms with Gasteiger partial charge in [0.2, 0.25) is 0 Å². The zero-order valence-corrected chi connectivity index (χ0v) is 17.4. The molecule has 0 atom stereocenters. The number of aromatic carboxylic acids is 1. The number of carboxylic acid groups (broad SMARTS) is 1. The van der Waals surface area contributed by atoms with Crippen LogP contribution in [0, 0.1) is 11.6 Å². The summed E-state index contributed by atoms with van der Waals surface area (Å²) in [5.74, 6) is -2.00. The molecular formula is C17H8Cl2F2O4S3. The third kappa shape index (κ3) is 4.13. The van der Waals surface area contributed by atoms with E-state index in [0.717, 1.165) is 22.7 Å². The molecule has 2 aromatic heterocycles. The van der Waals surface area contributed by atoms with Gasteiger partial charge >= 0.3 is 5.97 Å². The van der Waals surface area contributed by atoms with E-state index in [-0.39, 0.29) is 30.7 Å². The van der Waals surface area contributed by atoms with Gasteiger partial charge in [0.05, 0.1) is 14.4 Å². The highest BCUT2D eigenvalue weighted by Crippen LogP contribution is 2.35. The average molecular weight is 481 g/mol. The first-order valence-electron chi connectivity index (χ1n) is 7.31. The van der Waals surface area contributed by atoms with Crippen LogP contribution >= 0.6 is 45.0 Å². The van der Waals surface area contributed by atoms with Gasteiger partial charge in [-0.25, -0.2) is 22.0 Å². The fourth-order valence-electron chi connectivity index (χ4n) is 2.34. The molecule has 11 heteroatoms. The summed E-state index contributed by atoms with van der Waals surface area (Å²) in [4.78, 5) is 10.7. The van der Waals surface area contributed by atoms with Crippen LogP contribution in [-0.2, 0) is 9.05 Å². The molecule has 0 unspecified atom stereocenters. The maximum atomic E-state index is 13.4. The first-order valence-corrected chi connectivity index (χ1v) is 11.7. The van der Waals surface area contributed by atoms with Crippen molar-refractivity contribution < 1.29 is 27.1 Å². The summed E-state index contributed by atoms with van der Waals surface area (Å²) in [6.45, 7) is 0. The molecule has 0 saturated heterocycles. The van der Waals surface area contributed by atoms with Gasteiger partial charge in [0.15, 0.2) is 5.82 Å². The molecule has 28 heavy (non-hydrogen) atoms. The predicted molar refractivity (Wildman–Crippen MR) is 109 cm³/mol. The molecule has 0 aliphatic rings. The van der Waals surface area contributed by atoms with E-state index in [9.17, 15) is 22.0 Å². The van der Waals surface area contributed by atoms with Crippen molar-refractivity contribution in [2.75, 3.05) is 0 Å². The third-order valence-electron chi connectivity index (χ3n) is 3.57. The van der Waals surface area contributed by atoms with E-state index in [1.165, 1.54) is 29.6 Å². The number of hydrogen-bond donors (Lipinski definition) is 1. The molecule has 1 N–H and O–H groups in total. The predicted octanol–water partition coefficient (Wildman–Crippen LogP) is 6.36. The molecule has 0 fully saturated rings. The molecule has 0 aliphatic carbocycles. The number of carbonyl (C=O) groups is 1. The summed E-state index contributed by atoms with van der Waals surface area (Å²) in [5, 5.41) is 10.8. The Hall–Kier alpha value is -1.78. The van der Waals surface area contributed by atoms with Crippen LogP contribution in [0.5, 0.6) is 0 Å². The van der Waals surface area contributed by atoms with Gasteiger partial charge in [-0.1, -0.05) is 29.8 Å². The topological polar surface area (TPSA) is 71.4 Å². The molecule has 4 nitrogen and oxygen atoms in total. The first kappa shape index (κ1) is 20.9. The molecule has 0 amide bonds. The second-order valence-corrected chi connectivity index (χ2v) is 10.2. The molecule has 0 aliphatic heterocycles. The van der Waals surface area contributed by atoms with E-state index in [0.29, 0.717) is 10.1 Å². The van der Waals surface area contributed by atoms with Gasteiger partial charge in [-0.05, 0) is 23.6 Å². The van der Waals surface area contributed by atoms with Crippen molar-refractivity contribution in [1.29, 1.82) is 0 Å². The van der Waals surface area contributed by atoms with E-state index in [2.05, 4.69) is 0 Å². The third-order valence-corrected chi connectivity index (χ3v) is 7.51. The Morgan fingerprint density at radius 1 is 1.11 bits per heavy atom. The van der Waals surface area contributed by atoms with E-state index in [4.69, 9.17) is 27.4 Å². The summed E-state index contributed by atoms with van der Waals surface area (Å²) < 4.78 is 49.4. The number of rotatable bonds is 2. The van der Waals surface area contributed by atoms with Gasteiger partial charge in [-0.15, -0.1) is 22.7 Å². The van der Waals surface area contributed by atoms with Crippen LogP contribution in [0.1, 0.15) is 9.67 Å². The smallest absolute Gasteiger partial charge is 0.345 e. The minimum absolute atomic E-state index is 0.0390. The number of hydrogen-bond acceptors (Lipinski definition) is 5. The van der Waals surface area contributed by atoms with Crippen molar-refractivity contribution in [3.63, 3.8) is 0 Å². The highest BCUT2D eigenvalue weighted by molar-refractivity contribution is 8.14.